The third-order valence-corrected chi connectivity index (χ3v) is 7.27. The van der Waals surface area contributed by atoms with Crippen LogP contribution in [0.5, 0.6) is 5.75 Å². The lowest BCUT2D eigenvalue weighted by atomic mass is 10.0. The number of carbonyl (C=O) groups is 2. The van der Waals surface area contributed by atoms with Gasteiger partial charge < -0.3 is 9.47 Å². The van der Waals surface area contributed by atoms with Gasteiger partial charge in [0.2, 0.25) is 0 Å². The molecule has 0 aliphatic carbocycles. The van der Waals surface area contributed by atoms with E-state index in [0.717, 1.165) is 27.7 Å². The molecule has 188 valence electrons. The maximum absolute atomic E-state index is 12.9. The van der Waals surface area contributed by atoms with Crippen molar-refractivity contribution >= 4 is 39.9 Å². The summed E-state index contributed by atoms with van der Waals surface area (Å²) < 4.78 is 11.0. The first-order chi connectivity index (χ1) is 18.4. The van der Waals surface area contributed by atoms with E-state index in [1.165, 1.54) is 6.08 Å². The van der Waals surface area contributed by atoms with Gasteiger partial charge in [-0.25, -0.2) is 4.79 Å². The smallest absolute Gasteiger partial charge is 0.348 e. The molecule has 6 nitrogen and oxygen atoms in total. The molecule has 0 saturated heterocycles. The fraction of sp³-hybridized carbons (Fsp3) is 0.161. The van der Waals surface area contributed by atoms with Gasteiger partial charge in [0.25, 0.3) is 0 Å². The molecule has 0 aliphatic rings. The van der Waals surface area contributed by atoms with Gasteiger partial charge in [-0.1, -0.05) is 54.6 Å². The number of nitrogens with zero attached hydrogens (tertiary/aromatic N) is 2. The Hall–Kier alpha value is -4.72. The van der Waals surface area contributed by atoms with Gasteiger partial charge in [-0.05, 0) is 59.5 Å². The van der Waals surface area contributed by atoms with Gasteiger partial charge in [0, 0.05) is 11.3 Å². The first-order valence-electron chi connectivity index (χ1n) is 12.0. The Morgan fingerprint density at radius 3 is 2.45 bits per heavy atom. The number of ketones is 1. The van der Waals surface area contributed by atoms with Crippen molar-refractivity contribution in [1.29, 1.82) is 10.5 Å². The normalized spacial score (nSPS) is 11.0. The maximum atomic E-state index is 12.9. The molecule has 0 amide bonds. The van der Waals surface area contributed by atoms with Crippen molar-refractivity contribution in [3.8, 4) is 17.9 Å². The van der Waals surface area contributed by atoms with Crippen LogP contribution in [0.2, 0.25) is 0 Å². The number of Topliss-reactive ketones (excluding diaryl/α,β-unsaturated/α-hetero) is 1. The Morgan fingerprint density at radius 2 is 1.74 bits per heavy atom. The number of carbonyl (C=O) groups excluding carboxylic acids is 2. The fourth-order valence-electron chi connectivity index (χ4n) is 4.06. The van der Waals surface area contributed by atoms with Crippen LogP contribution in [0, 0.1) is 29.6 Å². The van der Waals surface area contributed by atoms with Crippen LogP contribution in [-0.4, -0.2) is 18.4 Å². The van der Waals surface area contributed by atoms with Gasteiger partial charge in [-0.3, -0.25) is 4.79 Å². The molecule has 0 bridgehead atoms. The van der Waals surface area contributed by atoms with Crippen molar-refractivity contribution < 1.29 is 19.1 Å². The van der Waals surface area contributed by atoms with E-state index in [1.807, 2.05) is 30.3 Å². The third kappa shape index (κ3) is 5.81. The van der Waals surface area contributed by atoms with E-state index >= 15 is 0 Å². The molecule has 1 aromatic heterocycles. The Balaban J connectivity index is 1.46. The second kappa shape index (κ2) is 12.0. The quantitative estimate of drug-likeness (QED) is 0.141. The monoisotopic (exact) mass is 520 g/mol. The highest BCUT2D eigenvalue weighted by Gasteiger charge is 2.23. The van der Waals surface area contributed by atoms with Crippen molar-refractivity contribution in [2.45, 2.75) is 26.9 Å². The molecule has 0 aliphatic heterocycles. The predicted octanol–water partition coefficient (Wildman–Crippen LogP) is 6.56. The van der Waals surface area contributed by atoms with Gasteiger partial charge >= 0.3 is 5.97 Å². The van der Waals surface area contributed by atoms with Crippen LogP contribution in [0.25, 0.3) is 16.8 Å². The molecule has 4 rings (SSSR count). The SMILES string of the molecule is CCOC(=O)c1sc(CC(=O)C(C#N)=Cc2ccc(OCc3cccc4ccccc34)cc2)c(C#N)c1C. The highest BCUT2D eigenvalue weighted by atomic mass is 32.1. The summed E-state index contributed by atoms with van der Waals surface area (Å²) in [6, 6.07) is 25.4. The summed E-state index contributed by atoms with van der Waals surface area (Å²) in [6.07, 6.45) is 1.36. The van der Waals surface area contributed by atoms with Gasteiger partial charge in [0.1, 0.15) is 29.4 Å². The molecule has 0 unspecified atom stereocenters. The molecule has 0 fully saturated rings. The molecular formula is C31H24N2O4S. The number of rotatable bonds is 9. The zero-order valence-corrected chi connectivity index (χ0v) is 21.8. The summed E-state index contributed by atoms with van der Waals surface area (Å²) in [5.41, 5.74) is 2.47. The number of nitriles is 2. The number of thiophene rings is 1. The Labute approximate surface area is 225 Å². The van der Waals surface area contributed by atoms with Gasteiger partial charge in [-0.15, -0.1) is 11.3 Å². The lowest BCUT2D eigenvalue weighted by Gasteiger charge is -2.09. The molecule has 3 aromatic carbocycles. The molecule has 0 N–H and O–H groups in total. The average molecular weight is 521 g/mol. The summed E-state index contributed by atoms with van der Waals surface area (Å²) in [7, 11) is 0. The molecular weight excluding hydrogens is 496 g/mol. The minimum absolute atomic E-state index is 0.0398. The van der Waals surface area contributed by atoms with Crippen molar-refractivity contribution in [2.24, 2.45) is 0 Å². The van der Waals surface area contributed by atoms with Crippen molar-refractivity contribution in [1.82, 2.24) is 0 Å². The van der Waals surface area contributed by atoms with Crippen LogP contribution < -0.4 is 4.74 Å². The van der Waals surface area contributed by atoms with E-state index in [-0.39, 0.29) is 24.2 Å². The van der Waals surface area contributed by atoms with Crippen LogP contribution >= 0.6 is 11.3 Å². The highest BCUT2D eigenvalue weighted by molar-refractivity contribution is 7.14. The van der Waals surface area contributed by atoms with E-state index in [9.17, 15) is 20.1 Å². The zero-order chi connectivity index (χ0) is 27.1. The number of ether oxygens (including phenoxy) is 2. The molecule has 0 saturated carbocycles. The van der Waals surface area contributed by atoms with Crippen LogP contribution in [0.1, 0.15) is 43.7 Å². The van der Waals surface area contributed by atoms with E-state index in [0.29, 0.717) is 33.2 Å². The molecule has 0 radical (unpaired) electrons. The van der Waals surface area contributed by atoms with Gasteiger partial charge in [-0.2, -0.15) is 10.5 Å². The molecule has 0 spiro atoms. The maximum Gasteiger partial charge on any atom is 0.348 e. The Bertz CT molecular complexity index is 1610. The lowest BCUT2D eigenvalue weighted by Crippen LogP contribution is -2.05. The Kier molecular flexibility index (Phi) is 8.33. The minimum Gasteiger partial charge on any atom is -0.489 e. The van der Waals surface area contributed by atoms with E-state index in [4.69, 9.17) is 9.47 Å². The van der Waals surface area contributed by atoms with Crippen LogP contribution in [0.3, 0.4) is 0 Å². The number of esters is 1. The number of hydrogen-bond acceptors (Lipinski definition) is 7. The van der Waals surface area contributed by atoms with Crippen LogP contribution in [0.4, 0.5) is 0 Å². The van der Waals surface area contributed by atoms with Crippen LogP contribution in [-0.2, 0) is 22.6 Å². The van der Waals surface area contributed by atoms with E-state index in [1.54, 1.807) is 38.1 Å². The second-order valence-electron chi connectivity index (χ2n) is 8.45. The molecule has 38 heavy (non-hydrogen) atoms. The summed E-state index contributed by atoms with van der Waals surface area (Å²) in [6.45, 7) is 3.97. The molecule has 1 heterocycles. The summed E-state index contributed by atoms with van der Waals surface area (Å²) in [5.74, 6) is -0.292. The topological polar surface area (TPSA) is 100 Å². The van der Waals surface area contributed by atoms with Crippen molar-refractivity contribution in [3.63, 3.8) is 0 Å². The first kappa shape index (κ1) is 26.3. The van der Waals surface area contributed by atoms with Crippen molar-refractivity contribution in [2.75, 3.05) is 6.61 Å². The van der Waals surface area contributed by atoms with Crippen molar-refractivity contribution in [3.05, 3.63) is 104 Å². The standard InChI is InChI=1S/C31H24N2O4S/c1-3-36-31(35)30-20(2)27(18-33)29(38-30)16-28(34)24(17-32)15-21-11-13-25(14-12-21)37-19-23-9-6-8-22-7-4-5-10-26(22)23/h4-15H,3,16,19H2,1-2H3. The third-order valence-electron chi connectivity index (χ3n) is 6.00. The Morgan fingerprint density at radius 1 is 1.00 bits per heavy atom. The average Bonchev–Trinajstić information content (AvgIpc) is 3.25. The number of hydrogen-bond donors (Lipinski definition) is 0. The van der Waals surface area contributed by atoms with E-state index in [2.05, 4.69) is 24.3 Å². The largest absolute Gasteiger partial charge is 0.489 e. The summed E-state index contributed by atoms with van der Waals surface area (Å²) in [5, 5.41) is 21.5. The van der Waals surface area contributed by atoms with Gasteiger partial charge in [0.15, 0.2) is 5.78 Å². The fourth-order valence-corrected chi connectivity index (χ4v) is 5.21. The predicted molar refractivity (Wildman–Crippen MR) is 147 cm³/mol. The summed E-state index contributed by atoms with van der Waals surface area (Å²) in [4.78, 5) is 25.9. The summed E-state index contributed by atoms with van der Waals surface area (Å²) >= 11 is 1.06. The minimum atomic E-state index is -0.524. The van der Waals surface area contributed by atoms with Gasteiger partial charge in [0.05, 0.1) is 17.7 Å². The number of allylic oxidation sites excluding steroid dienone is 1. The second-order valence-corrected chi connectivity index (χ2v) is 9.56. The number of benzene rings is 3. The van der Waals surface area contributed by atoms with E-state index < -0.39 is 11.8 Å². The first-order valence-corrected chi connectivity index (χ1v) is 12.8. The highest BCUT2D eigenvalue weighted by Crippen LogP contribution is 2.30. The lowest BCUT2D eigenvalue weighted by molar-refractivity contribution is -0.114. The van der Waals surface area contributed by atoms with Crippen LogP contribution in [0.15, 0.2) is 72.3 Å². The number of fused-ring (bicyclic) bond motifs is 1. The zero-order valence-electron chi connectivity index (χ0n) is 21.0. The molecule has 7 heteroatoms. The molecule has 0 atom stereocenters. The molecule has 4 aromatic rings.